The highest BCUT2D eigenvalue weighted by Gasteiger charge is 2.16. The van der Waals surface area contributed by atoms with Crippen LogP contribution in [0.15, 0.2) is 29.8 Å². The summed E-state index contributed by atoms with van der Waals surface area (Å²) in [6.45, 7) is 4.17. The van der Waals surface area contributed by atoms with E-state index in [0.29, 0.717) is 0 Å². The minimum absolute atomic E-state index is 0.0888. The highest BCUT2D eigenvalue weighted by atomic mass is 16.7. The van der Waals surface area contributed by atoms with Crippen molar-refractivity contribution in [1.29, 1.82) is 10.5 Å². The first kappa shape index (κ1) is 13.8. The monoisotopic (exact) mass is 291 g/mol. The third-order valence-corrected chi connectivity index (χ3v) is 3.63. The third kappa shape index (κ3) is 2.19. The number of rotatable bonds is 2. The molecule has 0 saturated carbocycles. The van der Waals surface area contributed by atoms with Crippen LogP contribution in [-0.2, 0) is 0 Å². The number of hydrogen-bond donors (Lipinski definition) is 0. The minimum Gasteiger partial charge on any atom is -0.454 e. The molecule has 0 N–H and O–H groups in total. The van der Waals surface area contributed by atoms with Crippen molar-refractivity contribution in [3.8, 4) is 29.3 Å². The van der Waals surface area contributed by atoms with Crippen molar-refractivity contribution in [3.05, 3.63) is 46.8 Å². The maximum absolute atomic E-state index is 8.90. The predicted molar refractivity (Wildman–Crippen MR) is 80.6 cm³/mol. The second kappa shape index (κ2) is 5.31. The molecule has 2 aromatic rings. The Hall–Kier alpha value is -3.18. The first-order valence-corrected chi connectivity index (χ1v) is 6.75. The SMILES string of the molecule is Cc1cc(C=C(C#N)C#N)c(C)n1-c1ccc2c(c1)OCO2. The maximum Gasteiger partial charge on any atom is 0.231 e. The molecule has 0 aliphatic carbocycles. The Morgan fingerprint density at radius 2 is 1.86 bits per heavy atom. The molecular formula is C17H13N3O2. The predicted octanol–water partition coefficient (Wildman–Crippen LogP) is 3.25. The zero-order valence-electron chi connectivity index (χ0n) is 12.3. The highest BCUT2D eigenvalue weighted by Crippen LogP contribution is 2.35. The fraction of sp³-hybridized carbons (Fsp3) is 0.176. The standard InChI is InChI=1S/C17H13N3O2/c1-11-5-14(6-13(8-18)9-19)12(2)20(11)15-3-4-16-17(7-15)22-10-21-16/h3-7H,10H2,1-2H3. The largest absolute Gasteiger partial charge is 0.454 e. The second-order valence-electron chi connectivity index (χ2n) is 4.98. The topological polar surface area (TPSA) is 71.0 Å². The van der Waals surface area contributed by atoms with Gasteiger partial charge >= 0.3 is 0 Å². The molecule has 3 rings (SSSR count). The van der Waals surface area contributed by atoms with Gasteiger partial charge in [0.25, 0.3) is 0 Å². The smallest absolute Gasteiger partial charge is 0.231 e. The lowest BCUT2D eigenvalue weighted by molar-refractivity contribution is 0.174. The molecule has 22 heavy (non-hydrogen) atoms. The summed E-state index contributed by atoms with van der Waals surface area (Å²) in [5, 5.41) is 17.8. The molecule has 0 radical (unpaired) electrons. The summed E-state index contributed by atoms with van der Waals surface area (Å²) in [4.78, 5) is 0. The van der Waals surface area contributed by atoms with E-state index in [0.717, 1.165) is 34.1 Å². The number of allylic oxidation sites excluding steroid dienone is 1. The van der Waals surface area contributed by atoms with Crippen molar-refractivity contribution < 1.29 is 9.47 Å². The van der Waals surface area contributed by atoms with Gasteiger partial charge in [0.15, 0.2) is 11.5 Å². The van der Waals surface area contributed by atoms with Gasteiger partial charge < -0.3 is 14.0 Å². The Bertz CT molecular complexity index is 847. The number of hydrogen-bond acceptors (Lipinski definition) is 4. The fourth-order valence-corrected chi connectivity index (χ4v) is 2.60. The molecule has 0 amide bonds. The van der Waals surface area contributed by atoms with Gasteiger partial charge in [-0.3, -0.25) is 0 Å². The molecule has 2 heterocycles. The van der Waals surface area contributed by atoms with Crippen LogP contribution in [0.4, 0.5) is 0 Å². The van der Waals surface area contributed by atoms with Crippen molar-refractivity contribution in [2.24, 2.45) is 0 Å². The van der Waals surface area contributed by atoms with Crippen LogP contribution < -0.4 is 9.47 Å². The van der Waals surface area contributed by atoms with Gasteiger partial charge in [-0.1, -0.05) is 0 Å². The quantitative estimate of drug-likeness (QED) is 0.796. The summed E-state index contributed by atoms with van der Waals surface area (Å²) in [6, 6.07) is 11.5. The molecular weight excluding hydrogens is 278 g/mol. The van der Waals surface area contributed by atoms with E-state index in [1.807, 2.05) is 50.3 Å². The molecule has 1 aliphatic rings. The first-order chi connectivity index (χ1) is 10.6. The number of ether oxygens (including phenoxy) is 2. The number of fused-ring (bicyclic) bond motifs is 1. The summed E-state index contributed by atoms with van der Waals surface area (Å²) < 4.78 is 12.8. The Morgan fingerprint density at radius 1 is 1.14 bits per heavy atom. The fourth-order valence-electron chi connectivity index (χ4n) is 2.60. The molecule has 1 aromatic carbocycles. The van der Waals surface area contributed by atoms with Gasteiger partial charge in [-0.05, 0) is 43.7 Å². The van der Waals surface area contributed by atoms with E-state index in [-0.39, 0.29) is 12.4 Å². The first-order valence-electron chi connectivity index (χ1n) is 6.75. The number of nitrogens with zero attached hydrogens (tertiary/aromatic N) is 3. The van der Waals surface area contributed by atoms with Crippen molar-refractivity contribution in [2.75, 3.05) is 6.79 Å². The van der Waals surface area contributed by atoms with Crippen LogP contribution in [0.3, 0.4) is 0 Å². The zero-order chi connectivity index (χ0) is 15.7. The van der Waals surface area contributed by atoms with E-state index in [1.54, 1.807) is 6.08 Å². The third-order valence-electron chi connectivity index (χ3n) is 3.63. The highest BCUT2D eigenvalue weighted by molar-refractivity contribution is 5.65. The molecule has 0 atom stereocenters. The summed E-state index contributed by atoms with van der Waals surface area (Å²) in [6.07, 6.45) is 1.60. The molecule has 5 heteroatoms. The molecule has 0 spiro atoms. The number of nitriles is 2. The molecule has 108 valence electrons. The Labute approximate surface area is 128 Å². The Morgan fingerprint density at radius 3 is 2.59 bits per heavy atom. The lowest BCUT2D eigenvalue weighted by Crippen LogP contribution is -1.99. The Kier molecular flexibility index (Phi) is 3.33. The lowest BCUT2D eigenvalue weighted by atomic mass is 10.1. The average Bonchev–Trinajstić information content (AvgIpc) is 3.08. The summed E-state index contributed by atoms with van der Waals surface area (Å²) in [5.74, 6) is 1.46. The van der Waals surface area contributed by atoms with Gasteiger partial charge in [-0.15, -0.1) is 0 Å². The zero-order valence-corrected chi connectivity index (χ0v) is 12.3. The lowest BCUT2D eigenvalue weighted by Gasteiger charge is -2.10. The van der Waals surface area contributed by atoms with Crippen molar-refractivity contribution in [1.82, 2.24) is 4.57 Å². The van der Waals surface area contributed by atoms with E-state index in [2.05, 4.69) is 4.57 Å². The van der Waals surface area contributed by atoms with E-state index in [9.17, 15) is 0 Å². The summed E-state index contributed by atoms with van der Waals surface area (Å²) >= 11 is 0. The van der Waals surface area contributed by atoms with Gasteiger partial charge in [-0.25, -0.2) is 0 Å². The van der Waals surface area contributed by atoms with Crippen LogP contribution in [0.2, 0.25) is 0 Å². The second-order valence-corrected chi connectivity index (χ2v) is 4.98. The van der Waals surface area contributed by atoms with Gasteiger partial charge in [0, 0.05) is 23.1 Å². The van der Waals surface area contributed by atoms with Crippen LogP contribution in [0.1, 0.15) is 17.0 Å². The molecule has 0 unspecified atom stereocenters. The molecule has 1 aliphatic heterocycles. The van der Waals surface area contributed by atoms with E-state index in [1.165, 1.54) is 0 Å². The minimum atomic E-state index is 0.0888. The average molecular weight is 291 g/mol. The number of aryl methyl sites for hydroxylation is 1. The Balaban J connectivity index is 2.10. The van der Waals surface area contributed by atoms with Gasteiger partial charge in [-0.2, -0.15) is 10.5 Å². The van der Waals surface area contributed by atoms with Gasteiger partial charge in [0.05, 0.1) is 0 Å². The molecule has 0 fully saturated rings. The molecule has 5 nitrogen and oxygen atoms in total. The van der Waals surface area contributed by atoms with Crippen LogP contribution in [0, 0.1) is 36.5 Å². The van der Waals surface area contributed by atoms with Crippen LogP contribution in [0.25, 0.3) is 11.8 Å². The molecule has 0 bridgehead atoms. The van der Waals surface area contributed by atoms with Gasteiger partial charge in [0.2, 0.25) is 6.79 Å². The van der Waals surface area contributed by atoms with Crippen molar-refractivity contribution in [3.63, 3.8) is 0 Å². The molecule has 1 aromatic heterocycles. The van der Waals surface area contributed by atoms with Crippen molar-refractivity contribution >= 4 is 6.08 Å². The summed E-state index contributed by atoms with van der Waals surface area (Å²) in [7, 11) is 0. The van der Waals surface area contributed by atoms with E-state index < -0.39 is 0 Å². The normalized spacial score (nSPS) is 11.6. The van der Waals surface area contributed by atoms with E-state index >= 15 is 0 Å². The molecule has 0 saturated heterocycles. The van der Waals surface area contributed by atoms with Crippen LogP contribution in [-0.4, -0.2) is 11.4 Å². The maximum atomic E-state index is 8.90. The van der Waals surface area contributed by atoms with Crippen LogP contribution in [0.5, 0.6) is 11.5 Å². The summed E-state index contributed by atoms with van der Waals surface area (Å²) in [5.41, 5.74) is 3.87. The number of aromatic nitrogens is 1. The van der Waals surface area contributed by atoms with Crippen LogP contribution >= 0.6 is 0 Å². The van der Waals surface area contributed by atoms with E-state index in [4.69, 9.17) is 20.0 Å². The van der Waals surface area contributed by atoms with Gasteiger partial charge in [0.1, 0.15) is 17.7 Å². The number of benzene rings is 1. The van der Waals surface area contributed by atoms with Crippen molar-refractivity contribution in [2.45, 2.75) is 13.8 Å².